The Balaban J connectivity index is 1.40. The molecule has 0 bridgehead atoms. The fourth-order valence-electron chi connectivity index (χ4n) is 8.80. The minimum atomic E-state index is -0.341. The van der Waals surface area contributed by atoms with Crippen LogP contribution in [0.4, 0.5) is 0 Å². The van der Waals surface area contributed by atoms with Crippen LogP contribution in [-0.2, 0) is 19.1 Å². The summed E-state index contributed by atoms with van der Waals surface area (Å²) in [4.78, 5) is 25.9. The summed E-state index contributed by atoms with van der Waals surface area (Å²) < 4.78 is 11.1. The first-order valence-electron chi connectivity index (χ1n) is 13.2. The minimum Gasteiger partial charge on any atom is -0.458 e. The number of ether oxygens (including phenoxy) is 2. The summed E-state index contributed by atoms with van der Waals surface area (Å²) in [5.41, 5.74) is 2.63. The highest BCUT2D eigenvalue weighted by molar-refractivity contribution is 5.92. The summed E-state index contributed by atoms with van der Waals surface area (Å²) in [7, 11) is 1.59. The summed E-state index contributed by atoms with van der Waals surface area (Å²) in [6.07, 6.45) is 12.9. The van der Waals surface area contributed by atoms with Crippen LogP contribution in [-0.4, -0.2) is 43.3 Å². The number of fused-ring (bicyclic) bond motifs is 5. The summed E-state index contributed by atoms with van der Waals surface area (Å²) in [6, 6.07) is 0. The molecule has 4 unspecified atom stereocenters. The second-order valence-electron chi connectivity index (χ2n) is 11.9. The number of carbonyl (C=O) groups is 2. The number of ketones is 1. The fourth-order valence-corrected chi connectivity index (χ4v) is 8.80. The Labute approximate surface area is 203 Å². The lowest BCUT2D eigenvalue weighted by Gasteiger charge is -2.57. The molecule has 1 N–H and O–H groups in total. The molecule has 0 aromatic rings. The Morgan fingerprint density at radius 3 is 2.71 bits per heavy atom. The molecule has 5 rings (SSSR count). The first kappa shape index (κ1) is 24.0. The highest BCUT2D eigenvalue weighted by Gasteiger charge is 2.61. The van der Waals surface area contributed by atoms with Crippen molar-refractivity contribution < 1.29 is 24.2 Å². The van der Waals surface area contributed by atoms with Gasteiger partial charge < -0.3 is 14.6 Å². The van der Waals surface area contributed by atoms with E-state index in [2.05, 4.69) is 26.0 Å². The van der Waals surface area contributed by atoms with Crippen molar-refractivity contribution in [2.24, 2.45) is 40.4 Å². The van der Waals surface area contributed by atoms with E-state index in [1.54, 1.807) is 7.11 Å². The third kappa shape index (κ3) is 3.41. The summed E-state index contributed by atoms with van der Waals surface area (Å²) in [6.45, 7) is 6.92. The zero-order valence-corrected chi connectivity index (χ0v) is 21.1. The zero-order valence-electron chi connectivity index (χ0n) is 21.1. The van der Waals surface area contributed by atoms with E-state index in [1.165, 1.54) is 5.57 Å². The molecule has 0 aromatic carbocycles. The maximum absolute atomic E-state index is 13.2. The average Bonchev–Trinajstić information content (AvgIpc) is 3.15. The first-order valence-corrected chi connectivity index (χ1v) is 13.2. The number of cyclic esters (lactones) is 1. The van der Waals surface area contributed by atoms with Gasteiger partial charge in [-0.2, -0.15) is 0 Å². The van der Waals surface area contributed by atoms with Crippen molar-refractivity contribution in [2.75, 3.05) is 20.3 Å². The van der Waals surface area contributed by atoms with Crippen molar-refractivity contribution in [1.82, 2.24) is 0 Å². The maximum atomic E-state index is 13.2. The molecule has 2 saturated carbocycles. The lowest BCUT2D eigenvalue weighted by atomic mass is 9.47. The summed E-state index contributed by atoms with van der Waals surface area (Å²) in [5, 5.41) is 10.6. The Kier molecular flexibility index (Phi) is 6.17. The predicted molar refractivity (Wildman–Crippen MR) is 130 cm³/mol. The molecular weight excluding hydrogens is 428 g/mol. The van der Waals surface area contributed by atoms with E-state index in [0.29, 0.717) is 47.9 Å². The lowest BCUT2D eigenvalue weighted by molar-refractivity contribution is -0.155. The van der Waals surface area contributed by atoms with Crippen LogP contribution in [0.5, 0.6) is 0 Å². The van der Waals surface area contributed by atoms with Gasteiger partial charge in [-0.05, 0) is 80.6 Å². The van der Waals surface area contributed by atoms with Gasteiger partial charge in [-0.15, -0.1) is 0 Å². The van der Waals surface area contributed by atoms with Crippen molar-refractivity contribution in [3.8, 4) is 0 Å². The van der Waals surface area contributed by atoms with Gasteiger partial charge in [0.05, 0.1) is 17.6 Å². The molecule has 5 aliphatic rings. The number of aliphatic hydroxyl groups is 1. The highest BCUT2D eigenvalue weighted by Crippen LogP contribution is 2.66. The third-order valence-corrected chi connectivity index (χ3v) is 10.7. The highest BCUT2D eigenvalue weighted by atomic mass is 16.5. The zero-order chi connectivity index (χ0) is 24.3. The number of hydrogen-bond acceptors (Lipinski definition) is 5. The van der Waals surface area contributed by atoms with Gasteiger partial charge in [0.25, 0.3) is 0 Å². The Hall–Kier alpha value is -1.72. The number of methoxy groups -OCH3 is 1. The molecule has 5 nitrogen and oxygen atoms in total. The molecule has 8 atom stereocenters. The number of carbonyl (C=O) groups excluding carboxylic acids is 2. The van der Waals surface area contributed by atoms with E-state index in [1.807, 2.05) is 13.0 Å². The predicted octanol–water partition coefficient (Wildman–Crippen LogP) is 4.80. The van der Waals surface area contributed by atoms with Crippen molar-refractivity contribution >= 4 is 11.8 Å². The molecule has 0 amide bonds. The standard InChI is InChI=1S/C29H40O5/c1-17-14-25(34-27(32)21(17)16-33-4)20(15-30)23-11-10-22-19-9-8-18-6-5-7-26(31)29(18,3)24(19)12-13-28(22,23)2/h5-6,8,19-20,22-25,30H,7,9-16H2,1-4H3/t19?,20-,22?,23?,24?,25+,28-,29-/m0/s1. The Morgan fingerprint density at radius 1 is 1.21 bits per heavy atom. The summed E-state index contributed by atoms with van der Waals surface area (Å²) >= 11 is 0. The van der Waals surface area contributed by atoms with Crippen LogP contribution in [0.1, 0.15) is 65.7 Å². The van der Waals surface area contributed by atoms with Gasteiger partial charge >= 0.3 is 5.97 Å². The van der Waals surface area contributed by atoms with E-state index >= 15 is 0 Å². The number of aliphatic hydroxyl groups excluding tert-OH is 1. The fraction of sp³-hybridized carbons (Fsp3) is 0.724. The van der Waals surface area contributed by atoms with Gasteiger partial charge in [-0.3, -0.25) is 4.79 Å². The number of allylic oxidation sites excluding steroid dienone is 4. The van der Waals surface area contributed by atoms with Crippen molar-refractivity contribution in [2.45, 2.75) is 71.8 Å². The molecule has 0 spiro atoms. The average molecular weight is 469 g/mol. The maximum Gasteiger partial charge on any atom is 0.336 e. The molecule has 34 heavy (non-hydrogen) atoms. The third-order valence-electron chi connectivity index (χ3n) is 10.7. The number of Topliss-reactive ketones (excluding diaryl/α,β-unsaturated/α-hetero) is 1. The van der Waals surface area contributed by atoms with Crippen LogP contribution in [0.15, 0.2) is 34.9 Å². The lowest BCUT2D eigenvalue weighted by Crippen LogP contribution is -2.53. The van der Waals surface area contributed by atoms with Crippen molar-refractivity contribution in [3.63, 3.8) is 0 Å². The largest absolute Gasteiger partial charge is 0.458 e. The molecular formula is C29H40O5. The van der Waals surface area contributed by atoms with Crippen molar-refractivity contribution in [1.29, 1.82) is 0 Å². The van der Waals surface area contributed by atoms with Crippen LogP contribution in [0.2, 0.25) is 0 Å². The van der Waals surface area contributed by atoms with Crippen LogP contribution in [0, 0.1) is 40.4 Å². The topological polar surface area (TPSA) is 72.8 Å². The van der Waals surface area contributed by atoms with Crippen molar-refractivity contribution in [3.05, 3.63) is 34.9 Å². The minimum absolute atomic E-state index is 0.0386. The monoisotopic (exact) mass is 468 g/mol. The van der Waals surface area contributed by atoms with Crippen LogP contribution in [0.25, 0.3) is 0 Å². The normalized spacial score (nSPS) is 42.5. The number of hydrogen-bond donors (Lipinski definition) is 1. The number of rotatable bonds is 5. The summed E-state index contributed by atoms with van der Waals surface area (Å²) in [5.74, 6) is 1.81. The second kappa shape index (κ2) is 8.74. The van der Waals surface area contributed by atoms with Gasteiger partial charge in [0, 0.05) is 32.5 Å². The first-order chi connectivity index (χ1) is 16.3. The van der Waals surface area contributed by atoms with Crippen LogP contribution in [0.3, 0.4) is 0 Å². The van der Waals surface area contributed by atoms with Crippen LogP contribution >= 0.6 is 0 Å². The van der Waals surface area contributed by atoms with Gasteiger partial charge in [0.2, 0.25) is 0 Å². The van der Waals surface area contributed by atoms with Gasteiger partial charge in [0.15, 0.2) is 0 Å². The number of esters is 1. The molecule has 5 heteroatoms. The quantitative estimate of drug-likeness (QED) is 0.587. The van der Waals surface area contributed by atoms with E-state index in [-0.39, 0.29) is 42.0 Å². The Morgan fingerprint density at radius 2 is 2.00 bits per heavy atom. The molecule has 1 aliphatic heterocycles. The van der Waals surface area contributed by atoms with Crippen LogP contribution < -0.4 is 0 Å². The van der Waals surface area contributed by atoms with Gasteiger partial charge in [-0.1, -0.05) is 30.7 Å². The molecule has 0 saturated heterocycles. The van der Waals surface area contributed by atoms with E-state index in [0.717, 1.165) is 37.7 Å². The molecule has 1 heterocycles. The molecule has 0 aromatic heterocycles. The van der Waals surface area contributed by atoms with E-state index in [4.69, 9.17) is 9.47 Å². The molecule has 0 radical (unpaired) electrons. The SMILES string of the molecule is COCC1=C(C)C[C@H]([C@@H](CO)C2CCC3C4CC=C5C=CCC(=O)[C@]5(C)C4CC[C@@]32C)OC1=O. The Bertz CT molecular complexity index is 960. The van der Waals surface area contributed by atoms with Gasteiger partial charge in [-0.25, -0.2) is 4.79 Å². The van der Waals surface area contributed by atoms with E-state index < -0.39 is 0 Å². The smallest absolute Gasteiger partial charge is 0.336 e. The molecule has 186 valence electrons. The van der Waals surface area contributed by atoms with Gasteiger partial charge in [0.1, 0.15) is 11.9 Å². The molecule has 4 aliphatic carbocycles. The molecule has 2 fully saturated rings. The van der Waals surface area contributed by atoms with E-state index in [9.17, 15) is 14.7 Å². The second-order valence-corrected chi connectivity index (χ2v) is 11.9.